The molecule has 1 unspecified atom stereocenters. The minimum absolute atomic E-state index is 0.00453. The molecule has 0 aliphatic heterocycles. The Hall–Kier alpha value is -0.900. The average molecular weight is 176 g/mol. The first-order valence-corrected chi connectivity index (χ1v) is 3.67. The zero-order valence-corrected chi connectivity index (χ0v) is 7.21. The second-order valence-electron chi connectivity index (χ2n) is 2.42. The van der Waals surface area contributed by atoms with E-state index in [9.17, 15) is 9.18 Å². The van der Waals surface area contributed by atoms with E-state index in [0.717, 1.165) is 0 Å². The molecule has 0 rings (SSSR count). The standard InChI is InChI=1S/C8H13FO3/c1-6(8(10)11)5-7(2)12-4-3-9/h5,7H,3-4H2,1-2H3,(H,10,11). The Balaban J connectivity index is 3.87. The maximum absolute atomic E-state index is 11.6. The van der Waals surface area contributed by atoms with Crippen LogP contribution in [0.15, 0.2) is 11.6 Å². The van der Waals surface area contributed by atoms with Crippen LogP contribution in [0.4, 0.5) is 4.39 Å². The maximum atomic E-state index is 11.6. The number of ether oxygens (including phenoxy) is 1. The van der Waals surface area contributed by atoms with Crippen molar-refractivity contribution < 1.29 is 19.0 Å². The van der Waals surface area contributed by atoms with Gasteiger partial charge < -0.3 is 9.84 Å². The van der Waals surface area contributed by atoms with Gasteiger partial charge in [0.15, 0.2) is 0 Å². The molecule has 0 saturated carbocycles. The van der Waals surface area contributed by atoms with E-state index in [1.807, 2.05) is 0 Å². The third-order valence-corrected chi connectivity index (χ3v) is 1.28. The van der Waals surface area contributed by atoms with Crippen molar-refractivity contribution in [1.29, 1.82) is 0 Å². The van der Waals surface area contributed by atoms with Gasteiger partial charge in [-0.3, -0.25) is 0 Å². The van der Waals surface area contributed by atoms with Crippen LogP contribution in [0.25, 0.3) is 0 Å². The fraction of sp³-hybridized carbons (Fsp3) is 0.625. The van der Waals surface area contributed by atoms with Crippen molar-refractivity contribution in [3.63, 3.8) is 0 Å². The van der Waals surface area contributed by atoms with Crippen LogP contribution in [0, 0.1) is 0 Å². The molecule has 0 radical (unpaired) electrons. The van der Waals surface area contributed by atoms with Gasteiger partial charge in [0, 0.05) is 5.57 Å². The molecule has 0 aliphatic rings. The lowest BCUT2D eigenvalue weighted by Gasteiger charge is -2.06. The summed E-state index contributed by atoms with van der Waals surface area (Å²) in [5.41, 5.74) is 0.210. The second-order valence-corrected chi connectivity index (χ2v) is 2.42. The van der Waals surface area contributed by atoms with Crippen molar-refractivity contribution in [2.24, 2.45) is 0 Å². The first-order chi connectivity index (χ1) is 5.57. The van der Waals surface area contributed by atoms with Crippen LogP contribution in [0.1, 0.15) is 13.8 Å². The van der Waals surface area contributed by atoms with Crippen LogP contribution in [-0.4, -0.2) is 30.5 Å². The van der Waals surface area contributed by atoms with Crippen LogP contribution in [0.3, 0.4) is 0 Å². The fourth-order valence-electron chi connectivity index (χ4n) is 0.702. The monoisotopic (exact) mass is 176 g/mol. The van der Waals surface area contributed by atoms with Crippen molar-refractivity contribution in [2.45, 2.75) is 20.0 Å². The quantitative estimate of drug-likeness (QED) is 0.644. The molecule has 0 aliphatic carbocycles. The van der Waals surface area contributed by atoms with E-state index in [4.69, 9.17) is 9.84 Å². The van der Waals surface area contributed by atoms with E-state index in [1.54, 1.807) is 6.92 Å². The summed E-state index contributed by atoms with van der Waals surface area (Å²) in [4.78, 5) is 10.3. The molecule has 0 bridgehead atoms. The van der Waals surface area contributed by atoms with Crippen molar-refractivity contribution in [3.8, 4) is 0 Å². The summed E-state index contributed by atoms with van der Waals surface area (Å²) in [5, 5.41) is 8.46. The van der Waals surface area contributed by atoms with Crippen LogP contribution >= 0.6 is 0 Å². The Labute approximate surface area is 70.8 Å². The Morgan fingerprint density at radius 1 is 1.75 bits per heavy atom. The lowest BCUT2D eigenvalue weighted by atomic mass is 10.2. The van der Waals surface area contributed by atoms with Crippen molar-refractivity contribution in [1.82, 2.24) is 0 Å². The highest BCUT2D eigenvalue weighted by Gasteiger charge is 2.03. The van der Waals surface area contributed by atoms with E-state index in [0.29, 0.717) is 0 Å². The van der Waals surface area contributed by atoms with Crippen LogP contribution in [0.5, 0.6) is 0 Å². The summed E-state index contributed by atoms with van der Waals surface area (Å²) in [6.45, 7) is 2.59. The van der Waals surface area contributed by atoms with Gasteiger partial charge in [-0.25, -0.2) is 9.18 Å². The molecule has 0 aromatic heterocycles. The first-order valence-electron chi connectivity index (χ1n) is 3.67. The Bertz CT molecular complexity index is 177. The average Bonchev–Trinajstić information content (AvgIpc) is 2.00. The predicted octanol–water partition coefficient (Wildman–Crippen LogP) is 1.39. The molecule has 0 spiro atoms. The number of alkyl halides is 1. The topological polar surface area (TPSA) is 46.5 Å². The smallest absolute Gasteiger partial charge is 0.331 e. The van der Waals surface area contributed by atoms with Crippen molar-refractivity contribution >= 4 is 5.97 Å². The number of halogens is 1. The number of rotatable bonds is 5. The van der Waals surface area contributed by atoms with Gasteiger partial charge >= 0.3 is 5.97 Å². The molecule has 0 aromatic carbocycles. The zero-order valence-electron chi connectivity index (χ0n) is 7.21. The van der Waals surface area contributed by atoms with Gasteiger partial charge in [-0.2, -0.15) is 0 Å². The van der Waals surface area contributed by atoms with E-state index < -0.39 is 12.6 Å². The number of hydrogen-bond acceptors (Lipinski definition) is 2. The molecule has 0 fully saturated rings. The molecule has 4 heteroatoms. The van der Waals surface area contributed by atoms with E-state index in [-0.39, 0.29) is 18.3 Å². The molecule has 0 heterocycles. The van der Waals surface area contributed by atoms with Gasteiger partial charge in [-0.15, -0.1) is 0 Å². The van der Waals surface area contributed by atoms with Gasteiger partial charge in [0.2, 0.25) is 0 Å². The Kier molecular flexibility index (Phi) is 5.28. The van der Waals surface area contributed by atoms with Gasteiger partial charge in [-0.1, -0.05) is 0 Å². The van der Waals surface area contributed by atoms with Crippen molar-refractivity contribution in [2.75, 3.05) is 13.3 Å². The summed E-state index contributed by atoms with van der Waals surface area (Å²) in [7, 11) is 0. The number of hydrogen-bond donors (Lipinski definition) is 1. The lowest BCUT2D eigenvalue weighted by Crippen LogP contribution is -2.09. The summed E-state index contributed by atoms with van der Waals surface area (Å²) < 4.78 is 16.5. The van der Waals surface area contributed by atoms with E-state index >= 15 is 0 Å². The molecule has 0 aromatic rings. The molecule has 1 atom stereocenters. The molecule has 12 heavy (non-hydrogen) atoms. The van der Waals surface area contributed by atoms with Crippen LogP contribution in [-0.2, 0) is 9.53 Å². The fourth-order valence-corrected chi connectivity index (χ4v) is 0.702. The molecular weight excluding hydrogens is 163 g/mol. The normalized spacial score (nSPS) is 14.4. The SMILES string of the molecule is CC(=CC(C)OCCF)C(=O)O. The first kappa shape index (κ1) is 11.1. The summed E-state index contributed by atoms with van der Waals surface area (Å²) >= 11 is 0. The largest absolute Gasteiger partial charge is 0.478 e. The van der Waals surface area contributed by atoms with Crippen molar-refractivity contribution in [3.05, 3.63) is 11.6 Å². The molecule has 3 nitrogen and oxygen atoms in total. The van der Waals surface area contributed by atoms with Crippen LogP contribution in [0.2, 0.25) is 0 Å². The highest BCUT2D eigenvalue weighted by atomic mass is 19.1. The summed E-state index contributed by atoms with van der Waals surface area (Å²) in [5.74, 6) is -0.981. The predicted molar refractivity (Wildman–Crippen MR) is 42.8 cm³/mol. The number of aliphatic carboxylic acids is 1. The summed E-state index contributed by atoms with van der Waals surface area (Å²) in [6, 6.07) is 0. The minimum Gasteiger partial charge on any atom is -0.478 e. The van der Waals surface area contributed by atoms with Gasteiger partial charge in [0.1, 0.15) is 6.67 Å². The Morgan fingerprint density at radius 3 is 2.75 bits per heavy atom. The highest BCUT2D eigenvalue weighted by molar-refractivity contribution is 5.85. The zero-order chi connectivity index (χ0) is 9.56. The van der Waals surface area contributed by atoms with Gasteiger partial charge in [0.05, 0.1) is 12.7 Å². The molecule has 1 N–H and O–H groups in total. The lowest BCUT2D eigenvalue weighted by molar-refractivity contribution is -0.132. The Morgan fingerprint density at radius 2 is 2.33 bits per heavy atom. The molecule has 70 valence electrons. The number of carbonyl (C=O) groups is 1. The minimum atomic E-state index is -0.981. The second kappa shape index (κ2) is 5.71. The molecule has 0 saturated heterocycles. The van der Waals surface area contributed by atoms with Crippen LogP contribution < -0.4 is 0 Å². The number of carboxylic acids is 1. The van der Waals surface area contributed by atoms with E-state index in [1.165, 1.54) is 13.0 Å². The number of carboxylic acid groups (broad SMARTS) is 1. The maximum Gasteiger partial charge on any atom is 0.331 e. The third-order valence-electron chi connectivity index (χ3n) is 1.28. The van der Waals surface area contributed by atoms with Gasteiger partial charge in [0.25, 0.3) is 0 Å². The molecular formula is C8H13FO3. The highest BCUT2D eigenvalue weighted by Crippen LogP contribution is 1.99. The third kappa shape index (κ3) is 4.85. The van der Waals surface area contributed by atoms with Gasteiger partial charge in [-0.05, 0) is 19.9 Å². The summed E-state index contributed by atoms with van der Waals surface area (Å²) in [6.07, 6.45) is 1.09. The molecule has 0 amide bonds. The van der Waals surface area contributed by atoms with E-state index in [2.05, 4.69) is 0 Å².